The van der Waals surface area contributed by atoms with E-state index in [1.165, 1.54) is 39.2 Å². The molecule has 8 heteroatoms. The Morgan fingerprint density at radius 3 is 2.89 bits per heavy atom. The van der Waals surface area contributed by atoms with Crippen LogP contribution in [0.5, 0.6) is 0 Å². The van der Waals surface area contributed by atoms with Gasteiger partial charge in [0, 0.05) is 10.4 Å². The molecule has 0 bridgehead atoms. The van der Waals surface area contributed by atoms with Crippen LogP contribution in [-0.4, -0.2) is 15.3 Å². The molecule has 1 aromatic carbocycles. The number of benzene rings is 1. The number of thiophene rings is 1. The molecule has 0 saturated heterocycles. The van der Waals surface area contributed by atoms with Crippen molar-refractivity contribution in [2.75, 3.05) is 0 Å². The van der Waals surface area contributed by atoms with E-state index in [2.05, 4.69) is 11.9 Å². The molecule has 0 saturated carbocycles. The number of aryl methyl sites for hydroxylation is 1. The number of hydrogen-bond donors (Lipinski definition) is 0. The number of hydrogen-bond acceptors (Lipinski definition) is 4. The van der Waals surface area contributed by atoms with Crippen LogP contribution in [0, 0.1) is 5.92 Å². The molecule has 1 unspecified atom stereocenters. The number of ketones is 1. The fraction of sp³-hybridized carbons (Fsp3) is 0.350. The molecule has 28 heavy (non-hydrogen) atoms. The van der Waals surface area contributed by atoms with Crippen LogP contribution >= 0.6 is 11.3 Å². The highest BCUT2D eigenvalue weighted by Crippen LogP contribution is 2.35. The van der Waals surface area contributed by atoms with Crippen LogP contribution in [0.25, 0.3) is 10.2 Å². The molecular weight excluding hydrogens is 389 g/mol. The van der Waals surface area contributed by atoms with Crippen LogP contribution in [0.1, 0.15) is 39.7 Å². The van der Waals surface area contributed by atoms with Gasteiger partial charge in [0.25, 0.3) is 5.56 Å². The van der Waals surface area contributed by atoms with Crippen molar-refractivity contribution in [2.24, 2.45) is 5.92 Å². The number of rotatable bonds is 3. The minimum absolute atomic E-state index is 0.0806. The lowest BCUT2D eigenvalue weighted by molar-refractivity contribution is -0.137. The largest absolute Gasteiger partial charge is 0.416 e. The summed E-state index contributed by atoms with van der Waals surface area (Å²) in [7, 11) is 0. The maximum atomic E-state index is 12.9. The first-order chi connectivity index (χ1) is 13.2. The Morgan fingerprint density at radius 2 is 2.14 bits per heavy atom. The van der Waals surface area contributed by atoms with Crippen molar-refractivity contribution >= 4 is 27.3 Å². The van der Waals surface area contributed by atoms with Gasteiger partial charge in [0.05, 0.1) is 23.8 Å². The van der Waals surface area contributed by atoms with Gasteiger partial charge in [-0.05, 0) is 42.9 Å². The first-order valence-corrected chi connectivity index (χ1v) is 9.76. The normalized spacial score (nSPS) is 16.9. The van der Waals surface area contributed by atoms with Crippen molar-refractivity contribution in [2.45, 2.75) is 38.9 Å². The molecule has 2 heterocycles. The molecule has 0 N–H and O–H groups in total. The van der Waals surface area contributed by atoms with Crippen molar-refractivity contribution in [1.82, 2.24) is 9.55 Å². The molecule has 4 rings (SSSR count). The lowest BCUT2D eigenvalue weighted by Crippen LogP contribution is -2.25. The molecule has 146 valence electrons. The average Bonchev–Trinajstić information content (AvgIpc) is 3.01. The number of carbonyl (C=O) groups excluding carboxylic acids is 1. The average molecular weight is 406 g/mol. The highest BCUT2D eigenvalue weighted by molar-refractivity contribution is 7.18. The van der Waals surface area contributed by atoms with Gasteiger partial charge in [0.1, 0.15) is 4.83 Å². The van der Waals surface area contributed by atoms with Crippen molar-refractivity contribution in [3.8, 4) is 0 Å². The SMILES string of the molecule is CC1CCc2c(sc3ncn(CC(=O)c4cccc(C(F)(F)F)c4)c(=O)c23)C1. The lowest BCUT2D eigenvalue weighted by Gasteiger charge is -2.17. The van der Waals surface area contributed by atoms with Gasteiger partial charge in [-0.15, -0.1) is 11.3 Å². The van der Waals surface area contributed by atoms with E-state index in [4.69, 9.17) is 0 Å². The van der Waals surface area contributed by atoms with Crippen LogP contribution in [0.4, 0.5) is 13.2 Å². The van der Waals surface area contributed by atoms with Crippen LogP contribution < -0.4 is 5.56 Å². The second kappa shape index (κ2) is 6.84. The standard InChI is InChI=1S/C20H17F3N2O2S/c1-11-5-6-14-16(7-11)28-18-17(14)19(27)25(10-24-18)9-15(26)12-3-2-4-13(8-12)20(21,22)23/h2-4,8,10-11H,5-7,9H2,1H3. The summed E-state index contributed by atoms with van der Waals surface area (Å²) in [5.41, 5.74) is -0.267. The van der Waals surface area contributed by atoms with E-state index in [9.17, 15) is 22.8 Å². The molecule has 0 amide bonds. The maximum Gasteiger partial charge on any atom is 0.416 e. The highest BCUT2D eigenvalue weighted by Gasteiger charge is 2.31. The highest BCUT2D eigenvalue weighted by atomic mass is 32.1. The van der Waals surface area contributed by atoms with E-state index >= 15 is 0 Å². The Balaban J connectivity index is 1.68. The fourth-order valence-electron chi connectivity index (χ4n) is 3.59. The molecule has 4 nitrogen and oxygen atoms in total. The number of halogens is 3. The summed E-state index contributed by atoms with van der Waals surface area (Å²) in [6.45, 7) is 1.83. The quantitative estimate of drug-likeness (QED) is 0.603. The first kappa shape index (κ1) is 18.9. The van der Waals surface area contributed by atoms with Crippen molar-refractivity contribution in [3.05, 3.63) is 62.5 Å². The number of aromatic nitrogens is 2. The molecule has 1 atom stereocenters. The summed E-state index contributed by atoms with van der Waals surface area (Å²) in [4.78, 5) is 31.6. The predicted molar refractivity (Wildman–Crippen MR) is 101 cm³/mol. The second-order valence-corrected chi connectivity index (χ2v) is 8.29. The summed E-state index contributed by atoms with van der Waals surface area (Å²) in [6.07, 6.45) is -0.504. The molecule has 1 aliphatic rings. The van der Waals surface area contributed by atoms with Gasteiger partial charge >= 0.3 is 6.18 Å². The van der Waals surface area contributed by atoms with E-state index in [1.807, 2.05) is 0 Å². The first-order valence-electron chi connectivity index (χ1n) is 8.94. The Morgan fingerprint density at radius 1 is 1.36 bits per heavy atom. The summed E-state index contributed by atoms with van der Waals surface area (Å²) in [5.74, 6) is -0.00246. The molecule has 0 spiro atoms. The number of Topliss-reactive ketones (excluding diaryl/α,β-unsaturated/α-hetero) is 1. The number of alkyl halides is 3. The third-order valence-electron chi connectivity index (χ3n) is 5.11. The monoisotopic (exact) mass is 406 g/mol. The van der Waals surface area contributed by atoms with Crippen LogP contribution in [0.2, 0.25) is 0 Å². The smallest absolute Gasteiger partial charge is 0.292 e. The number of nitrogens with zero attached hydrogens (tertiary/aromatic N) is 2. The van der Waals surface area contributed by atoms with E-state index in [-0.39, 0.29) is 17.7 Å². The van der Waals surface area contributed by atoms with Gasteiger partial charge in [0.15, 0.2) is 5.78 Å². The minimum atomic E-state index is -4.53. The minimum Gasteiger partial charge on any atom is -0.292 e. The Kier molecular flexibility index (Phi) is 4.61. The summed E-state index contributed by atoms with van der Waals surface area (Å²) in [6, 6.07) is 4.24. The predicted octanol–water partition coefficient (Wildman–Crippen LogP) is 4.48. The number of carbonyl (C=O) groups is 1. The lowest BCUT2D eigenvalue weighted by atomic mass is 9.89. The molecule has 3 aromatic rings. The van der Waals surface area contributed by atoms with Gasteiger partial charge in [-0.3, -0.25) is 14.2 Å². The number of fused-ring (bicyclic) bond motifs is 3. The Labute approximate surface area is 162 Å². The zero-order valence-corrected chi connectivity index (χ0v) is 15.9. The Hall–Kier alpha value is -2.48. The van der Waals surface area contributed by atoms with Crippen molar-refractivity contribution in [3.63, 3.8) is 0 Å². The summed E-state index contributed by atoms with van der Waals surface area (Å²) >= 11 is 1.51. The van der Waals surface area contributed by atoms with E-state index in [0.717, 1.165) is 37.0 Å². The van der Waals surface area contributed by atoms with Crippen LogP contribution in [0.3, 0.4) is 0 Å². The van der Waals surface area contributed by atoms with Crippen LogP contribution in [-0.2, 0) is 25.6 Å². The van der Waals surface area contributed by atoms with E-state index in [0.29, 0.717) is 16.1 Å². The third kappa shape index (κ3) is 3.37. The van der Waals surface area contributed by atoms with Crippen molar-refractivity contribution in [1.29, 1.82) is 0 Å². The Bertz CT molecular complexity index is 1130. The third-order valence-corrected chi connectivity index (χ3v) is 6.27. The topological polar surface area (TPSA) is 52.0 Å². The molecule has 2 aromatic heterocycles. The zero-order chi connectivity index (χ0) is 20.1. The second-order valence-electron chi connectivity index (χ2n) is 7.21. The van der Waals surface area contributed by atoms with Crippen LogP contribution in [0.15, 0.2) is 35.4 Å². The zero-order valence-electron chi connectivity index (χ0n) is 15.0. The van der Waals surface area contributed by atoms with E-state index < -0.39 is 17.5 Å². The van der Waals surface area contributed by atoms with Gasteiger partial charge < -0.3 is 0 Å². The van der Waals surface area contributed by atoms with Gasteiger partial charge in [0.2, 0.25) is 0 Å². The van der Waals surface area contributed by atoms with Gasteiger partial charge in [-0.2, -0.15) is 13.2 Å². The van der Waals surface area contributed by atoms with Gasteiger partial charge in [-0.25, -0.2) is 4.98 Å². The summed E-state index contributed by atoms with van der Waals surface area (Å²) in [5, 5.41) is 0.547. The van der Waals surface area contributed by atoms with Crippen molar-refractivity contribution < 1.29 is 18.0 Å². The molecule has 1 aliphatic carbocycles. The fourth-order valence-corrected chi connectivity index (χ4v) is 4.93. The maximum absolute atomic E-state index is 12.9. The summed E-state index contributed by atoms with van der Waals surface area (Å²) < 4.78 is 39.8. The van der Waals surface area contributed by atoms with Gasteiger partial charge in [-0.1, -0.05) is 19.1 Å². The molecular formula is C20H17F3N2O2S. The molecule has 0 aliphatic heterocycles. The molecule has 0 fully saturated rings. The molecule has 0 radical (unpaired) electrons. The van der Waals surface area contributed by atoms with E-state index in [1.54, 1.807) is 0 Å².